The van der Waals surface area contributed by atoms with Gasteiger partial charge in [-0.3, -0.25) is 4.68 Å². The highest BCUT2D eigenvalue weighted by Gasteiger charge is 2.77. The zero-order valence-corrected chi connectivity index (χ0v) is 22.3. The smallest absolute Gasteiger partial charge is 0.403 e. The van der Waals surface area contributed by atoms with Crippen LogP contribution in [0.5, 0.6) is 0 Å². The van der Waals surface area contributed by atoms with Crippen LogP contribution in [0.3, 0.4) is 0 Å². The van der Waals surface area contributed by atoms with Crippen molar-refractivity contribution < 1.29 is 71.0 Å². The maximum absolute atomic E-state index is 14.6. The second-order valence-corrected chi connectivity index (χ2v) is 9.86. The molecule has 1 aliphatic heterocycles. The van der Waals surface area contributed by atoms with Gasteiger partial charge in [-0.2, -0.15) is 66.6 Å². The zero-order valence-electron chi connectivity index (χ0n) is 21.6. The highest BCUT2D eigenvalue weighted by Crippen LogP contribution is 2.55. The topological polar surface area (TPSA) is 56.5 Å². The summed E-state index contributed by atoms with van der Waals surface area (Å²) >= 11 is 5.97. The van der Waals surface area contributed by atoms with E-state index in [9.17, 15) is 66.3 Å². The number of halogens is 15. The number of benzene rings is 2. The molecule has 0 saturated carbocycles. The van der Waals surface area contributed by atoms with Crippen molar-refractivity contribution in [2.24, 2.45) is 4.99 Å². The monoisotopic (exact) mass is 687 g/mol. The van der Waals surface area contributed by atoms with Gasteiger partial charge in [0.15, 0.2) is 0 Å². The predicted molar refractivity (Wildman–Crippen MR) is 125 cm³/mol. The number of cyclic esters (lactones) is 1. The summed E-state index contributed by atoms with van der Waals surface area (Å²) < 4.78 is 194. The summed E-state index contributed by atoms with van der Waals surface area (Å²) in [6.45, 7) is -0.129. The fourth-order valence-electron chi connectivity index (χ4n) is 4.03. The molecule has 0 saturated heterocycles. The first-order valence-corrected chi connectivity index (χ1v) is 12.1. The number of nitrogens with zero attached hydrogens (tertiary/aromatic N) is 3. The quantitative estimate of drug-likeness (QED) is 0.185. The summed E-state index contributed by atoms with van der Waals surface area (Å²) in [6, 6.07) is 6.15. The number of carbonyl (C=O) groups is 1. The van der Waals surface area contributed by atoms with Crippen LogP contribution in [0.1, 0.15) is 38.4 Å². The number of hydrogen-bond donors (Lipinski definition) is 0. The van der Waals surface area contributed by atoms with E-state index in [2.05, 4.69) is 10.1 Å². The van der Waals surface area contributed by atoms with Gasteiger partial charge in [-0.1, -0.05) is 29.8 Å². The molecule has 0 atom stereocenters. The number of rotatable bonds is 7. The zero-order chi connectivity index (χ0) is 34.1. The third-order valence-electron chi connectivity index (χ3n) is 6.38. The third-order valence-corrected chi connectivity index (χ3v) is 6.69. The fourth-order valence-corrected chi connectivity index (χ4v) is 4.28. The van der Waals surface area contributed by atoms with Crippen LogP contribution in [0.25, 0.3) is 0 Å². The van der Waals surface area contributed by atoms with Crippen LogP contribution in [0.4, 0.5) is 67.2 Å². The molecule has 0 aliphatic carbocycles. The van der Waals surface area contributed by atoms with E-state index in [1.165, 1.54) is 25.1 Å². The van der Waals surface area contributed by atoms with Crippen LogP contribution in [0.2, 0.25) is 5.02 Å². The lowest BCUT2D eigenvalue weighted by Crippen LogP contribution is -2.51. The first kappa shape index (κ1) is 34.0. The minimum absolute atomic E-state index is 0.0129. The molecule has 1 aromatic heterocycles. The molecule has 244 valence electrons. The van der Waals surface area contributed by atoms with Gasteiger partial charge in [-0.05, 0) is 42.3 Å². The Kier molecular flexibility index (Phi) is 7.99. The molecule has 0 radical (unpaired) electrons. The maximum Gasteiger partial charge on any atom is 0.460 e. The lowest BCUT2D eigenvalue weighted by Gasteiger charge is -2.28. The third kappa shape index (κ3) is 5.48. The summed E-state index contributed by atoms with van der Waals surface area (Å²) in [5.74, 6) is -28.2. The Balaban J connectivity index is 1.80. The van der Waals surface area contributed by atoms with Crippen LogP contribution in [0, 0.1) is 6.92 Å². The Labute approximate surface area is 246 Å². The first-order chi connectivity index (χ1) is 20.3. The summed E-state index contributed by atoms with van der Waals surface area (Å²) in [6.07, 6.45) is -14.1. The Morgan fingerprint density at radius 2 is 1.40 bits per heavy atom. The Morgan fingerprint density at radius 3 is 1.96 bits per heavy atom. The number of alkyl halides is 14. The molecule has 0 N–H and O–H groups in total. The highest BCUT2D eigenvalue weighted by atomic mass is 35.5. The van der Waals surface area contributed by atoms with Crippen molar-refractivity contribution in [2.45, 2.75) is 49.5 Å². The summed E-state index contributed by atoms with van der Waals surface area (Å²) in [5, 5.41) is 2.53. The van der Waals surface area contributed by atoms with Gasteiger partial charge < -0.3 is 4.74 Å². The number of ether oxygens (including phenoxy) is 1. The molecular weight excluding hydrogens is 676 g/mol. The molecule has 0 fully saturated rings. The van der Waals surface area contributed by atoms with Gasteiger partial charge in [0, 0.05) is 0 Å². The van der Waals surface area contributed by atoms with E-state index in [-0.39, 0.29) is 38.9 Å². The fraction of sp³-hybridized carbons (Fsp3) is 0.320. The van der Waals surface area contributed by atoms with Crippen molar-refractivity contribution in [3.63, 3.8) is 0 Å². The molecule has 5 nitrogen and oxygen atoms in total. The molecule has 1 aliphatic rings. The Hall–Kier alpha value is -3.90. The standard InChI is InChI=1S/C25H12ClF14N3O2/c1-10-7-11(5-6-14(10)41-18-12-3-2-4-13(26)17(12)19(44)45-18)9-43-16(21(29,30)23(33,34)25(38,39)40)8-15(42-43)20(27,28)22(31,32)24(35,36)37/h2-8H,9H2,1H3. The van der Waals surface area contributed by atoms with Gasteiger partial charge in [0.1, 0.15) is 11.4 Å². The lowest BCUT2D eigenvalue weighted by atomic mass is 10.0. The minimum Gasteiger partial charge on any atom is -0.403 e. The second kappa shape index (κ2) is 10.6. The van der Waals surface area contributed by atoms with Gasteiger partial charge in [0.25, 0.3) is 0 Å². The summed E-state index contributed by atoms with van der Waals surface area (Å²) in [7, 11) is 0. The number of aryl methyl sites for hydroxylation is 1. The molecule has 45 heavy (non-hydrogen) atoms. The number of carbonyl (C=O) groups excluding carboxylic acids is 1. The summed E-state index contributed by atoms with van der Waals surface area (Å²) in [5.41, 5.74) is -5.81. The van der Waals surface area contributed by atoms with Gasteiger partial charge >= 0.3 is 42.0 Å². The van der Waals surface area contributed by atoms with Crippen molar-refractivity contribution >= 4 is 29.2 Å². The molecule has 0 amide bonds. The van der Waals surface area contributed by atoms with Crippen LogP contribution < -0.4 is 0 Å². The van der Waals surface area contributed by atoms with Crippen LogP contribution >= 0.6 is 11.6 Å². The minimum atomic E-state index is -7.03. The number of hydrogen-bond acceptors (Lipinski definition) is 4. The average molecular weight is 688 g/mol. The van der Waals surface area contributed by atoms with Crippen LogP contribution in [-0.4, -0.2) is 45.8 Å². The van der Waals surface area contributed by atoms with Gasteiger partial charge in [0.05, 0.1) is 28.4 Å². The van der Waals surface area contributed by atoms with Crippen molar-refractivity contribution in [3.05, 3.63) is 81.1 Å². The predicted octanol–water partition coefficient (Wildman–Crippen LogP) is 8.72. The number of aliphatic imine (C=N–C) groups is 1. The largest absolute Gasteiger partial charge is 0.460 e. The molecule has 2 aromatic carbocycles. The van der Waals surface area contributed by atoms with E-state index in [0.717, 1.165) is 18.2 Å². The molecule has 0 spiro atoms. The highest BCUT2D eigenvalue weighted by molar-refractivity contribution is 6.36. The van der Waals surface area contributed by atoms with E-state index in [4.69, 9.17) is 16.3 Å². The molecule has 4 rings (SSSR count). The Morgan fingerprint density at radius 1 is 0.822 bits per heavy atom. The van der Waals surface area contributed by atoms with E-state index in [0.29, 0.717) is 0 Å². The first-order valence-electron chi connectivity index (χ1n) is 11.8. The SMILES string of the molecule is Cc1cc(Cn2nc(C(F)(F)C(F)(F)C(F)(F)F)cc2C(F)(F)C(F)(F)C(F)(F)F)ccc1N=C1OC(=O)c2c(Cl)cccc21. The van der Waals surface area contributed by atoms with E-state index in [1.54, 1.807) is 0 Å². The maximum atomic E-state index is 14.6. The summed E-state index contributed by atoms with van der Waals surface area (Å²) in [4.78, 5) is 16.2. The van der Waals surface area contributed by atoms with Crippen molar-refractivity contribution in [3.8, 4) is 0 Å². The second-order valence-electron chi connectivity index (χ2n) is 9.46. The van der Waals surface area contributed by atoms with Crippen molar-refractivity contribution in [1.29, 1.82) is 0 Å². The molecular formula is C25H12ClF14N3O2. The molecule has 0 unspecified atom stereocenters. The normalized spacial score (nSPS) is 15.9. The number of aromatic nitrogens is 2. The molecule has 20 heteroatoms. The van der Waals surface area contributed by atoms with Crippen LogP contribution in [-0.2, 0) is 23.1 Å². The molecule has 3 aromatic rings. The van der Waals surface area contributed by atoms with Crippen molar-refractivity contribution in [1.82, 2.24) is 9.78 Å². The average Bonchev–Trinajstić information content (AvgIpc) is 3.46. The van der Waals surface area contributed by atoms with Gasteiger partial charge in [0.2, 0.25) is 5.90 Å². The molecule has 0 bridgehead atoms. The number of fused-ring (bicyclic) bond motifs is 1. The molecule has 2 heterocycles. The van der Waals surface area contributed by atoms with Gasteiger partial charge in [-0.15, -0.1) is 0 Å². The van der Waals surface area contributed by atoms with Crippen LogP contribution in [0.15, 0.2) is 47.5 Å². The van der Waals surface area contributed by atoms with E-state index < -0.39 is 70.7 Å². The van der Waals surface area contributed by atoms with Crippen molar-refractivity contribution in [2.75, 3.05) is 0 Å². The lowest BCUT2D eigenvalue weighted by molar-refractivity contribution is -0.361. The van der Waals surface area contributed by atoms with Gasteiger partial charge in [-0.25, -0.2) is 9.79 Å². The van der Waals surface area contributed by atoms with E-state index >= 15 is 0 Å². The Bertz CT molecular complexity index is 1690. The number of esters is 1. The van der Waals surface area contributed by atoms with E-state index in [1.807, 2.05) is 0 Å².